The number of nitrogens with two attached hydrogens (primary N) is 1. The molecule has 7 N–H and O–H groups in total. The number of cyclic esters (lactones) is 1. The topological polar surface area (TPSA) is 212 Å². The largest absolute Gasteiger partial charge is 0.459 e. The molecule has 2 bridgehead atoms. The monoisotopic (exact) mass is 725 g/mol. The van der Waals surface area contributed by atoms with Crippen LogP contribution in [-0.2, 0) is 28.5 Å². The Balaban J connectivity index is 2.35. The third-order valence-electron chi connectivity index (χ3n) is 9.90. The van der Waals surface area contributed by atoms with Gasteiger partial charge in [0.15, 0.2) is 11.7 Å². The average molecular weight is 726 g/mol. The van der Waals surface area contributed by atoms with Gasteiger partial charge in [-0.2, -0.15) is 0 Å². The average Bonchev–Trinajstić information content (AvgIpc) is 3.04. The summed E-state index contributed by atoms with van der Waals surface area (Å²) >= 11 is 0. The molecule has 0 aliphatic carbocycles. The van der Waals surface area contributed by atoms with Crippen LogP contribution in [0.25, 0.3) is 0 Å². The standard InChI is InChI=1S/C36H63N5O10/c1-12-19-47-28-23(5)27(49-33(44)40-18-16-14-15-17-39-31(37)41-32(43)38-11)24(6)30(42)48-25(13-2)36(10,46)29-22(4)26(50-34(7,8)51-29)21(3)20-35(28,9)45/h1,21-29,45-46H,13-20H2,2-11H3,(H,40,44)(H4,37,38,39,41,43)/t21-,22+,23+,24-,25?,26+,27?,28-,29-,35+,36-/m1/s1. The SMILES string of the molecule is C#CCO[C@@H]1[C@@H](C)C(OC(=O)NCCCCCN=C(N)NC(=O)NC)[C@@H](C)C(=O)OC(CC)[C@@](C)(O)[C@@H]2OC(C)(C)O[C@H]([C@@H]2C)[C@H](C)C[C@]1(C)O. The number of amides is 3. The van der Waals surface area contributed by atoms with Crippen LogP contribution in [-0.4, -0.2) is 109 Å². The molecular formula is C36H63N5O10. The highest BCUT2D eigenvalue weighted by Crippen LogP contribution is 2.44. The molecule has 0 spiro atoms. The van der Waals surface area contributed by atoms with Crippen molar-refractivity contribution in [3.05, 3.63) is 0 Å². The summed E-state index contributed by atoms with van der Waals surface area (Å²) in [5.41, 5.74) is 2.51. The number of rotatable bonds is 10. The molecule has 0 radical (unpaired) electrons. The van der Waals surface area contributed by atoms with Crippen LogP contribution in [0.15, 0.2) is 4.99 Å². The lowest BCUT2D eigenvalue weighted by Gasteiger charge is -2.53. The Morgan fingerprint density at radius 2 is 1.75 bits per heavy atom. The van der Waals surface area contributed by atoms with Crippen molar-refractivity contribution in [2.45, 2.75) is 142 Å². The fraction of sp³-hybridized carbons (Fsp3) is 0.833. The predicted octanol–water partition coefficient (Wildman–Crippen LogP) is 2.81. The molecule has 3 amide bonds. The summed E-state index contributed by atoms with van der Waals surface area (Å²) in [7, 11) is 1.47. The molecule has 292 valence electrons. The van der Waals surface area contributed by atoms with E-state index < -0.39 is 77.4 Å². The van der Waals surface area contributed by atoms with Crippen LogP contribution >= 0.6 is 0 Å². The van der Waals surface area contributed by atoms with E-state index >= 15 is 0 Å². The second-order valence-electron chi connectivity index (χ2n) is 14.9. The van der Waals surface area contributed by atoms with Crippen LogP contribution in [0.5, 0.6) is 0 Å². The first-order valence-electron chi connectivity index (χ1n) is 18.0. The number of alkyl carbamates (subject to hydrolysis) is 1. The van der Waals surface area contributed by atoms with E-state index in [9.17, 15) is 24.6 Å². The lowest BCUT2D eigenvalue weighted by molar-refractivity contribution is -0.359. The van der Waals surface area contributed by atoms with Gasteiger partial charge in [-0.15, -0.1) is 6.42 Å². The first-order valence-corrected chi connectivity index (χ1v) is 18.0. The molecule has 2 aliphatic heterocycles. The summed E-state index contributed by atoms with van der Waals surface area (Å²) in [5, 5.41) is 31.6. The number of nitrogens with zero attached hydrogens (tertiary/aromatic N) is 1. The molecule has 11 atom stereocenters. The number of hydrogen-bond donors (Lipinski definition) is 6. The van der Waals surface area contributed by atoms with Crippen LogP contribution in [0.4, 0.5) is 9.59 Å². The number of nitrogens with one attached hydrogen (secondary N) is 3. The van der Waals surface area contributed by atoms with Crippen LogP contribution < -0.4 is 21.7 Å². The van der Waals surface area contributed by atoms with E-state index in [2.05, 4.69) is 26.9 Å². The highest BCUT2D eigenvalue weighted by atomic mass is 16.7. The van der Waals surface area contributed by atoms with Gasteiger partial charge in [-0.1, -0.05) is 33.6 Å². The molecular weight excluding hydrogens is 662 g/mol. The minimum Gasteiger partial charge on any atom is -0.459 e. The zero-order valence-corrected chi connectivity index (χ0v) is 32.1. The Morgan fingerprint density at radius 3 is 2.35 bits per heavy atom. The van der Waals surface area contributed by atoms with Crippen LogP contribution in [0.3, 0.4) is 0 Å². The van der Waals surface area contributed by atoms with Crippen LogP contribution in [0, 0.1) is 36.0 Å². The van der Waals surface area contributed by atoms with Gasteiger partial charge in [0.2, 0.25) is 0 Å². The number of esters is 1. The van der Waals surface area contributed by atoms with Gasteiger partial charge >= 0.3 is 18.1 Å². The molecule has 2 heterocycles. The van der Waals surface area contributed by atoms with Crippen molar-refractivity contribution in [3.8, 4) is 12.3 Å². The fourth-order valence-corrected chi connectivity index (χ4v) is 7.46. The van der Waals surface area contributed by atoms with Crippen molar-refractivity contribution in [1.82, 2.24) is 16.0 Å². The Hall–Kier alpha value is -3.16. The first kappa shape index (κ1) is 44.0. The third-order valence-corrected chi connectivity index (χ3v) is 9.90. The van der Waals surface area contributed by atoms with E-state index in [4.69, 9.17) is 35.8 Å². The zero-order chi connectivity index (χ0) is 38.7. The summed E-state index contributed by atoms with van der Waals surface area (Å²) in [6.45, 7) is 16.3. The minimum atomic E-state index is -1.62. The highest BCUT2D eigenvalue weighted by molar-refractivity contribution is 5.95. The van der Waals surface area contributed by atoms with Crippen molar-refractivity contribution in [1.29, 1.82) is 0 Å². The smallest absolute Gasteiger partial charge is 0.407 e. The Labute approximate surface area is 303 Å². The van der Waals surface area contributed by atoms with E-state index in [0.717, 1.165) is 0 Å². The summed E-state index contributed by atoms with van der Waals surface area (Å²) in [4.78, 5) is 42.5. The van der Waals surface area contributed by atoms with Gasteiger partial charge < -0.3 is 50.3 Å². The van der Waals surface area contributed by atoms with Crippen molar-refractivity contribution in [2.24, 2.45) is 34.4 Å². The molecule has 2 saturated heterocycles. The number of guanidine groups is 1. The van der Waals surface area contributed by atoms with Crippen molar-refractivity contribution in [3.63, 3.8) is 0 Å². The minimum absolute atomic E-state index is 0.0101. The maximum Gasteiger partial charge on any atom is 0.407 e. The lowest BCUT2D eigenvalue weighted by Crippen LogP contribution is -2.64. The highest BCUT2D eigenvalue weighted by Gasteiger charge is 2.55. The number of aliphatic imine (C=N–C) groups is 1. The summed E-state index contributed by atoms with van der Waals surface area (Å²) < 4.78 is 30.7. The Bertz CT molecular complexity index is 1240. The second-order valence-corrected chi connectivity index (χ2v) is 14.9. The zero-order valence-electron chi connectivity index (χ0n) is 32.1. The van der Waals surface area contributed by atoms with Gasteiger partial charge in [-0.05, 0) is 72.6 Å². The molecule has 0 aromatic heterocycles. The normalized spacial score (nSPS) is 36.1. The number of urea groups is 1. The summed E-state index contributed by atoms with van der Waals surface area (Å²) in [5.74, 6) is -1.72. The molecule has 0 saturated carbocycles. The van der Waals surface area contributed by atoms with Gasteiger partial charge in [-0.25, -0.2) is 9.59 Å². The molecule has 51 heavy (non-hydrogen) atoms. The number of unbranched alkanes of at least 4 members (excludes halogenated alkanes) is 2. The molecule has 0 aromatic rings. The van der Waals surface area contributed by atoms with E-state index in [1.165, 1.54) is 7.05 Å². The third kappa shape index (κ3) is 12.2. The fourth-order valence-electron chi connectivity index (χ4n) is 7.46. The first-order chi connectivity index (χ1) is 23.7. The quantitative estimate of drug-likeness (QED) is 0.0634. The molecule has 2 unspecified atom stereocenters. The van der Waals surface area contributed by atoms with Crippen molar-refractivity contribution in [2.75, 3.05) is 26.7 Å². The molecule has 2 aliphatic rings. The summed E-state index contributed by atoms with van der Waals surface area (Å²) in [6.07, 6.45) is 2.94. The molecule has 2 fully saturated rings. The maximum atomic E-state index is 13.9. The van der Waals surface area contributed by atoms with E-state index in [-0.39, 0.29) is 43.8 Å². The number of terminal acetylenes is 1. The molecule has 15 heteroatoms. The van der Waals surface area contributed by atoms with E-state index in [1.807, 2.05) is 20.8 Å². The number of hydrogen-bond acceptors (Lipinski definition) is 11. The number of fused-ring (bicyclic) bond motifs is 2. The molecule has 15 nitrogen and oxygen atoms in total. The Kier molecular flexibility index (Phi) is 16.5. The molecule has 0 aromatic carbocycles. The van der Waals surface area contributed by atoms with Crippen LogP contribution in [0.2, 0.25) is 0 Å². The number of aliphatic hydroxyl groups is 2. The van der Waals surface area contributed by atoms with Gasteiger partial charge in [0.05, 0.1) is 29.8 Å². The van der Waals surface area contributed by atoms with Gasteiger partial charge in [-0.3, -0.25) is 15.1 Å². The number of carbonyl (C=O) groups is 3. The van der Waals surface area contributed by atoms with Gasteiger partial charge in [0.1, 0.15) is 24.4 Å². The second kappa shape index (κ2) is 19.1. The van der Waals surface area contributed by atoms with Crippen molar-refractivity contribution >= 4 is 24.1 Å². The van der Waals surface area contributed by atoms with E-state index in [0.29, 0.717) is 25.8 Å². The van der Waals surface area contributed by atoms with E-state index in [1.54, 1.807) is 41.5 Å². The maximum absolute atomic E-state index is 13.9. The lowest BCUT2D eigenvalue weighted by atomic mass is 9.72. The van der Waals surface area contributed by atoms with Gasteiger partial charge in [0.25, 0.3) is 0 Å². The Morgan fingerprint density at radius 1 is 1.08 bits per heavy atom. The van der Waals surface area contributed by atoms with Crippen molar-refractivity contribution < 1.29 is 48.3 Å². The van der Waals surface area contributed by atoms with Crippen LogP contribution in [0.1, 0.15) is 94.4 Å². The number of ether oxygens (including phenoxy) is 5. The predicted molar refractivity (Wildman–Crippen MR) is 191 cm³/mol. The molecule has 2 rings (SSSR count). The number of carbonyl (C=O) groups excluding carboxylic acids is 3. The van der Waals surface area contributed by atoms with Gasteiger partial charge in [0, 0.05) is 32.0 Å². The summed E-state index contributed by atoms with van der Waals surface area (Å²) in [6, 6.07) is -0.460.